The molecule has 80 valence electrons. The van der Waals surface area contributed by atoms with Gasteiger partial charge in [-0.05, 0) is 25.8 Å². The predicted molar refractivity (Wildman–Crippen MR) is 58.7 cm³/mol. The van der Waals surface area contributed by atoms with E-state index in [-0.39, 0.29) is 0 Å². The van der Waals surface area contributed by atoms with Crippen molar-refractivity contribution in [3.8, 4) is 0 Å². The fourth-order valence-electron chi connectivity index (χ4n) is 2.12. The van der Waals surface area contributed by atoms with E-state index in [2.05, 4.69) is 15.3 Å². The van der Waals surface area contributed by atoms with E-state index in [1.807, 2.05) is 0 Å². The maximum atomic E-state index is 6.00. The molecule has 1 saturated carbocycles. The van der Waals surface area contributed by atoms with Gasteiger partial charge < -0.3 is 11.1 Å². The quantitative estimate of drug-likeness (QED) is 0.704. The third-order valence-corrected chi connectivity index (χ3v) is 3.17. The molecule has 2 heterocycles. The van der Waals surface area contributed by atoms with Crippen molar-refractivity contribution in [1.29, 1.82) is 0 Å². The molecule has 15 heavy (non-hydrogen) atoms. The van der Waals surface area contributed by atoms with Gasteiger partial charge in [0.2, 0.25) is 0 Å². The van der Waals surface area contributed by atoms with Gasteiger partial charge in [-0.2, -0.15) is 0 Å². The van der Waals surface area contributed by atoms with Crippen molar-refractivity contribution >= 4 is 5.82 Å². The Morgan fingerprint density at radius 1 is 1.13 bits per heavy atom. The number of nitrogens with one attached hydrogen (secondary N) is 1. The summed E-state index contributed by atoms with van der Waals surface area (Å²) in [5.74, 6) is 2.28. The highest BCUT2D eigenvalue weighted by atomic mass is 15.0. The van der Waals surface area contributed by atoms with E-state index in [0.29, 0.717) is 11.7 Å². The largest absolute Gasteiger partial charge is 0.383 e. The highest BCUT2D eigenvalue weighted by Crippen LogP contribution is 2.38. The normalized spacial score (nSPS) is 20.8. The Morgan fingerprint density at radius 3 is 2.73 bits per heavy atom. The Balaban J connectivity index is 2.03. The second kappa shape index (κ2) is 3.45. The zero-order valence-corrected chi connectivity index (χ0v) is 8.79. The first kappa shape index (κ1) is 9.09. The molecular weight excluding hydrogens is 188 g/mol. The Hall–Kier alpha value is -1.16. The lowest BCUT2D eigenvalue weighted by atomic mass is 10.1. The van der Waals surface area contributed by atoms with Gasteiger partial charge in [-0.1, -0.05) is 0 Å². The van der Waals surface area contributed by atoms with E-state index in [1.54, 1.807) is 0 Å². The fraction of sp³-hybridized carbons (Fsp3) is 0.636. The molecule has 0 aromatic carbocycles. The molecule has 1 aromatic rings. The molecule has 1 aliphatic heterocycles. The lowest BCUT2D eigenvalue weighted by molar-refractivity contribution is 0.708. The minimum Gasteiger partial charge on any atom is -0.383 e. The number of nitrogens with two attached hydrogens (primary N) is 1. The predicted octanol–water partition coefficient (Wildman–Crippen LogP) is 0.624. The monoisotopic (exact) mass is 204 g/mol. The summed E-state index contributed by atoms with van der Waals surface area (Å²) in [4.78, 5) is 9.09. The van der Waals surface area contributed by atoms with Gasteiger partial charge in [-0.25, -0.2) is 9.97 Å². The van der Waals surface area contributed by atoms with Crippen molar-refractivity contribution in [1.82, 2.24) is 15.3 Å². The fourth-order valence-corrected chi connectivity index (χ4v) is 2.12. The molecular formula is C11H16N4. The van der Waals surface area contributed by atoms with E-state index >= 15 is 0 Å². The Morgan fingerprint density at radius 2 is 1.93 bits per heavy atom. The molecule has 4 nitrogen and oxygen atoms in total. The number of rotatable bonds is 1. The van der Waals surface area contributed by atoms with Gasteiger partial charge >= 0.3 is 0 Å². The number of fused-ring (bicyclic) bond motifs is 1. The van der Waals surface area contributed by atoms with Gasteiger partial charge in [-0.15, -0.1) is 0 Å². The van der Waals surface area contributed by atoms with Crippen molar-refractivity contribution in [2.45, 2.75) is 31.6 Å². The van der Waals surface area contributed by atoms with Crippen LogP contribution in [0.3, 0.4) is 0 Å². The van der Waals surface area contributed by atoms with Gasteiger partial charge in [0.05, 0.1) is 5.69 Å². The number of anilines is 1. The Kier molecular flexibility index (Phi) is 2.09. The van der Waals surface area contributed by atoms with Gasteiger partial charge in [0.25, 0.3) is 0 Å². The van der Waals surface area contributed by atoms with Crippen molar-refractivity contribution < 1.29 is 0 Å². The summed E-state index contributed by atoms with van der Waals surface area (Å²) >= 11 is 0. The number of hydrogen-bond acceptors (Lipinski definition) is 4. The molecule has 0 bridgehead atoms. The highest BCUT2D eigenvalue weighted by Gasteiger charge is 2.28. The average Bonchev–Trinajstić information content (AvgIpc) is 3.04. The number of nitrogens with zero attached hydrogens (tertiary/aromatic N) is 2. The zero-order valence-electron chi connectivity index (χ0n) is 8.79. The molecule has 0 amide bonds. The second-order valence-corrected chi connectivity index (χ2v) is 4.42. The first-order valence-electron chi connectivity index (χ1n) is 5.70. The van der Waals surface area contributed by atoms with Crippen LogP contribution >= 0.6 is 0 Å². The summed E-state index contributed by atoms with van der Waals surface area (Å²) in [7, 11) is 0. The summed E-state index contributed by atoms with van der Waals surface area (Å²) in [6, 6.07) is 0. The van der Waals surface area contributed by atoms with E-state index in [1.165, 1.54) is 24.1 Å². The first-order chi connectivity index (χ1) is 7.34. The van der Waals surface area contributed by atoms with E-state index < -0.39 is 0 Å². The lowest BCUT2D eigenvalue weighted by Gasteiger charge is -2.09. The van der Waals surface area contributed by atoms with E-state index in [4.69, 9.17) is 5.73 Å². The average molecular weight is 204 g/mol. The molecule has 3 N–H and O–H groups in total. The minimum absolute atomic E-state index is 0.591. The maximum Gasteiger partial charge on any atom is 0.134 e. The van der Waals surface area contributed by atoms with Crippen molar-refractivity contribution in [3.05, 3.63) is 17.1 Å². The molecule has 2 aliphatic rings. The van der Waals surface area contributed by atoms with Crippen LogP contribution in [0.2, 0.25) is 0 Å². The first-order valence-corrected chi connectivity index (χ1v) is 5.70. The third-order valence-electron chi connectivity index (χ3n) is 3.17. The lowest BCUT2D eigenvalue weighted by Crippen LogP contribution is -2.16. The van der Waals surface area contributed by atoms with Crippen LogP contribution < -0.4 is 11.1 Å². The van der Waals surface area contributed by atoms with Crippen molar-refractivity contribution in [2.75, 3.05) is 18.8 Å². The summed E-state index contributed by atoms with van der Waals surface area (Å²) in [6.45, 7) is 2.00. The van der Waals surface area contributed by atoms with Crippen molar-refractivity contribution in [3.63, 3.8) is 0 Å². The van der Waals surface area contributed by atoms with Gasteiger partial charge in [0, 0.05) is 24.4 Å². The molecule has 0 spiro atoms. The summed E-state index contributed by atoms with van der Waals surface area (Å²) in [6.07, 6.45) is 4.42. The van der Waals surface area contributed by atoms with Gasteiger partial charge in [0.1, 0.15) is 11.6 Å². The SMILES string of the molecule is Nc1nc(C2CC2)nc2c1CCNCC2. The van der Waals surface area contributed by atoms with Crippen LogP contribution in [0.25, 0.3) is 0 Å². The van der Waals surface area contributed by atoms with Gasteiger partial charge in [-0.3, -0.25) is 0 Å². The summed E-state index contributed by atoms with van der Waals surface area (Å²) < 4.78 is 0. The third kappa shape index (κ3) is 1.69. The van der Waals surface area contributed by atoms with Crippen LogP contribution in [0, 0.1) is 0 Å². The highest BCUT2D eigenvalue weighted by molar-refractivity contribution is 5.44. The molecule has 1 fully saturated rings. The van der Waals surface area contributed by atoms with Crippen LogP contribution in [0.5, 0.6) is 0 Å². The molecule has 0 atom stereocenters. The van der Waals surface area contributed by atoms with E-state index in [9.17, 15) is 0 Å². The smallest absolute Gasteiger partial charge is 0.134 e. The summed E-state index contributed by atoms with van der Waals surface area (Å²) in [5.41, 5.74) is 8.34. The minimum atomic E-state index is 0.591. The van der Waals surface area contributed by atoms with Crippen LogP contribution in [-0.4, -0.2) is 23.1 Å². The standard InChI is InChI=1S/C11H16N4/c12-10-8-3-5-13-6-4-9(8)14-11(15-10)7-1-2-7/h7,13H,1-6H2,(H2,12,14,15). The summed E-state index contributed by atoms with van der Waals surface area (Å²) in [5, 5.41) is 3.36. The Labute approximate surface area is 89.3 Å². The number of nitrogen functional groups attached to an aromatic ring is 1. The molecule has 1 aliphatic carbocycles. The Bertz CT molecular complexity index is 384. The topological polar surface area (TPSA) is 63.8 Å². The molecule has 0 unspecified atom stereocenters. The van der Waals surface area contributed by atoms with Crippen LogP contribution in [-0.2, 0) is 12.8 Å². The zero-order chi connectivity index (χ0) is 10.3. The molecule has 4 heteroatoms. The second-order valence-electron chi connectivity index (χ2n) is 4.42. The number of aromatic nitrogens is 2. The van der Waals surface area contributed by atoms with E-state index in [0.717, 1.165) is 31.8 Å². The molecule has 1 aromatic heterocycles. The molecule has 0 saturated heterocycles. The number of hydrogen-bond donors (Lipinski definition) is 2. The molecule has 3 rings (SSSR count). The maximum absolute atomic E-state index is 6.00. The van der Waals surface area contributed by atoms with Gasteiger partial charge in [0.15, 0.2) is 0 Å². The van der Waals surface area contributed by atoms with Crippen molar-refractivity contribution in [2.24, 2.45) is 0 Å². The van der Waals surface area contributed by atoms with Crippen LogP contribution in [0.4, 0.5) is 5.82 Å². The van der Waals surface area contributed by atoms with Crippen LogP contribution in [0.15, 0.2) is 0 Å². The van der Waals surface area contributed by atoms with Crippen LogP contribution in [0.1, 0.15) is 35.8 Å². The molecule has 0 radical (unpaired) electrons.